The third-order valence-electron chi connectivity index (χ3n) is 2.02. The maximum atomic E-state index is 11.4. The summed E-state index contributed by atoms with van der Waals surface area (Å²) in [5, 5.41) is 0. The molecule has 0 saturated carbocycles. The molecule has 0 heterocycles. The Kier molecular flexibility index (Phi) is 4.77. The molecule has 4 heteroatoms. The van der Waals surface area contributed by atoms with E-state index < -0.39 is 11.9 Å². The van der Waals surface area contributed by atoms with Crippen LogP contribution in [0, 0.1) is 11.8 Å². The number of carbonyl (C=O) groups excluding carboxylic acids is 2. The molecule has 0 unspecified atom stereocenters. The normalized spacial score (nSPS) is 8.82. The van der Waals surface area contributed by atoms with Crippen LogP contribution in [0.1, 0.15) is 22.3 Å². The van der Waals surface area contributed by atoms with Gasteiger partial charge in [-0.1, -0.05) is 24.0 Å². The minimum atomic E-state index is -0.451. The molecular formula is C13H12O4. The van der Waals surface area contributed by atoms with Crippen molar-refractivity contribution in [1.82, 2.24) is 0 Å². The van der Waals surface area contributed by atoms with Gasteiger partial charge in [0.15, 0.2) is 0 Å². The fourth-order valence-electron chi connectivity index (χ4n) is 1.16. The standard InChI is InChI=1S/C13H12O4/c1-16-12(14)9-5-7-10-6-3-4-8-11(10)13(15)17-2/h3-4,6,8H,9H2,1-2H3. The molecule has 0 aliphatic rings. The Bertz CT molecular complexity index is 480. The second kappa shape index (κ2) is 6.33. The van der Waals surface area contributed by atoms with E-state index in [1.165, 1.54) is 14.2 Å². The first-order valence-corrected chi connectivity index (χ1v) is 4.92. The lowest BCUT2D eigenvalue weighted by Gasteiger charge is -2.01. The SMILES string of the molecule is COC(=O)CC#Cc1ccccc1C(=O)OC. The van der Waals surface area contributed by atoms with Gasteiger partial charge in [-0.2, -0.15) is 0 Å². The highest BCUT2D eigenvalue weighted by atomic mass is 16.5. The van der Waals surface area contributed by atoms with Crippen molar-refractivity contribution in [2.24, 2.45) is 0 Å². The van der Waals surface area contributed by atoms with Crippen LogP contribution >= 0.6 is 0 Å². The van der Waals surface area contributed by atoms with E-state index in [1.807, 2.05) is 0 Å². The lowest BCUT2D eigenvalue weighted by Crippen LogP contribution is -2.03. The van der Waals surface area contributed by atoms with Gasteiger partial charge in [0.1, 0.15) is 6.42 Å². The summed E-state index contributed by atoms with van der Waals surface area (Å²) in [7, 11) is 2.60. The molecule has 17 heavy (non-hydrogen) atoms. The molecule has 1 aromatic carbocycles. The Morgan fingerprint density at radius 1 is 1.18 bits per heavy atom. The van der Waals surface area contributed by atoms with Gasteiger partial charge in [-0.25, -0.2) is 4.79 Å². The highest BCUT2D eigenvalue weighted by Gasteiger charge is 2.08. The number of esters is 2. The van der Waals surface area contributed by atoms with E-state index in [0.29, 0.717) is 11.1 Å². The van der Waals surface area contributed by atoms with Gasteiger partial charge in [-0.15, -0.1) is 0 Å². The maximum absolute atomic E-state index is 11.4. The first kappa shape index (κ1) is 12.8. The summed E-state index contributed by atoms with van der Waals surface area (Å²) in [6.07, 6.45) is -0.00793. The molecule has 88 valence electrons. The predicted octanol–water partition coefficient (Wildman–Crippen LogP) is 1.39. The Morgan fingerprint density at radius 3 is 2.53 bits per heavy atom. The highest BCUT2D eigenvalue weighted by molar-refractivity contribution is 5.92. The molecule has 0 atom stereocenters. The summed E-state index contributed by atoms with van der Waals surface area (Å²) in [6, 6.07) is 6.79. The molecule has 1 rings (SSSR count). The van der Waals surface area contributed by atoms with Crippen LogP contribution in [-0.4, -0.2) is 26.2 Å². The van der Waals surface area contributed by atoms with Crippen LogP contribution < -0.4 is 0 Å². The summed E-state index contributed by atoms with van der Waals surface area (Å²) >= 11 is 0. The summed E-state index contributed by atoms with van der Waals surface area (Å²) in [5.74, 6) is 4.52. The molecule has 0 radical (unpaired) electrons. The molecule has 0 fully saturated rings. The third kappa shape index (κ3) is 3.65. The Labute approximate surface area is 99.5 Å². The van der Waals surface area contributed by atoms with Crippen molar-refractivity contribution in [2.45, 2.75) is 6.42 Å². The van der Waals surface area contributed by atoms with Crippen LogP contribution in [-0.2, 0) is 14.3 Å². The van der Waals surface area contributed by atoms with Gasteiger partial charge in [0.05, 0.1) is 19.8 Å². The zero-order chi connectivity index (χ0) is 12.7. The summed E-state index contributed by atoms with van der Waals surface area (Å²) < 4.78 is 9.08. The molecule has 0 bridgehead atoms. The minimum absolute atomic E-state index is 0.00793. The highest BCUT2D eigenvalue weighted by Crippen LogP contribution is 2.08. The van der Waals surface area contributed by atoms with Crippen LogP contribution in [0.15, 0.2) is 24.3 Å². The number of rotatable bonds is 2. The van der Waals surface area contributed by atoms with Crippen LogP contribution in [0.4, 0.5) is 0 Å². The molecular weight excluding hydrogens is 220 g/mol. The average Bonchev–Trinajstić information content (AvgIpc) is 2.38. The number of benzene rings is 1. The molecule has 0 saturated heterocycles. The molecule has 0 aliphatic carbocycles. The van der Waals surface area contributed by atoms with E-state index in [-0.39, 0.29) is 6.42 Å². The molecule has 0 aliphatic heterocycles. The maximum Gasteiger partial charge on any atom is 0.339 e. The molecule has 0 aromatic heterocycles. The predicted molar refractivity (Wildman–Crippen MR) is 61.3 cm³/mol. The Balaban J connectivity index is 2.90. The minimum Gasteiger partial charge on any atom is -0.468 e. The van der Waals surface area contributed by atoms with Crippen molar-refractivity contribution >= 4 is 11.9 Å². The number of carbonyl (C=O) groups is 2. The van der Waals surface area contributed by atoms with Gasteiger partial charge in [0.2, 0.25) is 0 Å². The average molecular weight is 232 g/mol. The molecule has 0 spiro atoms. The van der Waals surface area contributed by atoms with E-state index in [2.05, 4.69) is 21.3 Å². The van der Waals surface area contributed by atoms with Crippen LogP contribution in [0.25, 0.3) is 0 Å². The van der Waals surface area contributed by atoms with Crippen molar-refractivity contribution in [3.63, 3.8) is 0 Å². The zero-order valence-corrected chi connectivity index (χ0v) is 9.65. The molecule has 4 nitrogen and oxygen atoms in total. The van der Waals surface area contributed by atoms with Crippen LogP contribution in [0.3, 0.4) is 0 Å². The van der Waals surface area contributed by atoms with Crippen molar-refractivity contribution in [2.75, 3.05) is 14.2 Å². The van der Waals surface area contributed by atoms with Crippen molar-refractivity contribution in [3.8, 4) is 11.8 Å². The zero-order valence-electron chi connectivity index (χ0n) is 9.65. The number of ether oxygens (including phenoxy) is 2. The second-order valence-electron chi connectivity index (χ2n) is 3.09. The Hall–Kier alpha value is -2.28. The number of hydrogen-bond donors (Lipinski definition) is 0. The van der Waals surface area contributed by atoms with Gasteiger partial charge in [0, 0.05) is 5.56 Å². The lowest BCUT2D eigenvalue weighted by atomic mass is 10.1. The largest absolute Gasteiger partial charge is 0.468 e. The topological polar surface area (TPSA) is 52.6 Å². The van der Waals surface area contributed by atoms with Crippen molar-refractivity contribution < 1.29 is 19.1 Å². The lowest BCUT2D eigenvalue weighted by molar-refractivity contribution is -0.139. The first-order valence-electron chi connectivity index (χ1n) is 4.92. The van der Waals surface area contributed by atoms with Gasteiger partial charge < -0.3 is 9.47 Å². The van der Waals surface area contributed by atoms with Crippen molar-refractivity contribution in [1.29, 1.82) is 0 Å². The fraction of sp³-hybridized carbons (Fsp3) is 0.231. The van der Waals surface area contributed by atoms with Crippen LogP contribution in [0.5, 0.6) is 0 Å². The van der Waals surface area contributed by atoms with Gasteiger partial charge in [-0.3, -0.25) is 4.79 Å². The third-order valence-corrected chi connectivity index (χ3v) is 2.02. The fourth-order valence-corrected chi connectivity index (χ4v) is 1.16. The smallest absolute Gasteiger partial charge is 0.339 e. The van der Waals surface area contributed by atoms with E-state index in [9.17, 15) is 9.59 Å². The molecule has 0 N–H and O–H groups in total. The van der Waals surface area contributed by atoms with E-state index in [1.54, 1.807) is 24.3 Å². The van der Waals surface area contributed by atoms with Crippen molar-refractivity contribution in [3.05, 3.63) is 35.4 Å². The Morgan fingerprint density at radius 2 is 1.88 bits per heavy atom. The number of methoxy groups -OCH3 is 2. The van der Waals surface area contributed by atoms with Crippen LogP contribution in [0.2, 0.25) is 0 Å². The van der Waals surface area contributed by atoms with Gasteiger partial charge in [-0.05, 0) is 12.1 Å². The molecule has 0 amide bonds. The van der Waals surface area contributed by atoms with Gasteiger partial charge in [0.25, 0.3) is 0 Å². The second-order valence-corrected chi connectivity index (χ2v) is 3.09. The number of hydrogen-bond acceptors (Lipinski definition) is 4. The van der Waals surface area contributed by atoms with Gasteiger partial charge >= 0.3 is 11.9 Å². The van der Waals surface area contributed by atoms with E-state index >= 15 is 0 Å². The van der Waals surface area contributed by atoms with E-state index in [4.69, 9.17) is 0 Å². The van der Waals surface area contributed by atoms with E-state index in [0.717, 1.165) is 0 Å². The quantitative estimate of drug-likeness (QED) is 0.571. The first-order chi connectivity index (χ1) is 8.19. The monoisotopic (exact) mass is 232 g/mol. The summed E-state index contributed by atoms with van der Waals surface area (Å²) in [5.41, 5.74) is 0.913. The molecule has 1 aromatic rings. The summed E-state index contributed by atoms with van der Waals surface area (Å²) in [4.78, 5) is 22.3. The summed E-state index contributed by atoms with van der Waals surface area (Å²) in [6.45, 7) is 0.